The zero-order chi connectivity index (χ0) is 24.8. The number of para-hydroxylation sites is 2. The van der Waals surface area contributed by atoms with Gasteiger partial charge in [-0.1, -0.05) is 42.5 Å². The molecule has 0 spiro atoms. The van der Waals surface area contributed by atoms with Crippen molar-refractivity contribution in [2.45, 2.75) is 32.9 Å². The summed E-state index contributed by atoms with van der Waals surface area (Å²) in [5, 5.41) is 2.99. The third-order valence-electron chi connectivity index (χ3n) is 6.19. The number of rotatable bonds is 7. The van der Waals surface area contributed by atoms with Gasteiger partial charge in [-0.05, 0) is 31.5 Å². The van der Waals surface area contributed by atoms with Crippen LogP contribution in [0.4, 0.5) is 10.6 Å². The van der Waals surface area contributed by atoms with Gasteiger partial charge in [0.2, 0.25) is 0 Å². The fourth-order valence-electron chi connectivity index (χ4n) is 4.38. The van der Waals surface area contributed by atoms with Gasteiger partial charge in [-0.3, -0.25) is 9.59 Å². The molecule has 0 aliphatic carbocycles. The van der Waals surface area contributed by atoms with Crippen LogP contribution in [0.3, 0.4) is 0 Å². The lowest BCUT2D eigenvalue weighted by Crippen LogP contribution is -2.53. The lowest BCUT2D eigenvalue weighted by atomic mass is 10.0. The van der Waals surface area contributed by atoms with Crippen molar-refractivity contribution in [3.8, 4) is 0 Å². The largest absolute Gasteiger partial charge is 0.466 e. The van der Waals surface area contributed by atoms with Crippen LogP contribution in [0, 0.1) is 0 Å². The molecule has 1 aliphatic rings. The number of aryl methyl sites for hydroxylation is 1. The number of ether oxygens (including phenoxy) is 1. The molecule has 184 valence electrons. The number of aromatic nitrogens is 2. The van der Waals surface area contributed by atoms with E-state index >= 15 is 0 Å². The summed E-state index contributed by atoms with van der Waals surface area (Å²) in [4.78, 5) is 46.6. The van der Waals surface area contributed by atoms with Gasteiger partial charge in [0.15, 0.2) is 5.82 Å². The molecule has 1 saturated heterocycles. The van der Waals surface area contributed by atoms with Crippen LogP contribution in [0.1, 0.15) is 31.9 Å². The van der Waals surface area contributed by atoms with Crippen molar-refractivity contribution >= 4 is 28.9 Å². The minimum absolute atomic E-state index is 0.0567. The van der Waals surface area contributed by atoms with E-state index in [4.69, 9.17) is 4.74 Å². The van der Waals surface area contributed by atoms with Crippen LogP contribution in [0.2, 0.25) is 0 Å². The number of urea groups is 1. The second kappa shape index (κ2) is 11.0. The first-order valence-electron chi connectivity index (χ1n) is 12.0. The van der Waals surface area contributed by atoms with Crippen molar-refractivity contribution < 1.29 is 14.3 Å². The van der Waals surface area contributed by atoms with Crippen molar-refractivity contribution in [3.63, 3.8) is 0 Å². The Hall–Kier alpha value is -3.88. The van der Waals surface area contributed by atoms with Gasteiger partial charge in [0.25, 0.3) is 5.56 Å². The molecule has 1 atom stereocenters. The quantitative estimate of drug-likeness (QED) is 0.526. The highest BCUT2D eigenvalue weighted by atomic mass is 16.5. The summed E-state index contributed by atoms with van der Waals surface area (Å²) in [6, 6.07) is 16.3. The van der Waals surface area contributed by atoms with E-state index in [0.29, 0.717) is 45.1 Å². The molecule has 1 aliphatic heterocycles. The molecule has 1 aromatic heterocycles. The number of esters is 1. The number of hydrogen-bond acceptors (Lipinski definition) is 6. The van der Waals surface area contributed by atoms with E-state index in [-0.39, 0.29) is 24.0 Å². The molecule has 9 heteroatoms. The summed E-state index contributed by atoms with van der Waals surface area (Å²) in [7, 11) is 0. The van der Waals surface area contributed by atoms with Crippen molar-refractivity contribution in [1.82, 2.24) is 19.8 Å². The fourth-order valence-corrected chi connectivity index (χ4v) is 4.38. The van der Waals surface area contributed by atoms with Crippen LogP contribution < -0.4 is 15.8 Å². The molecule has 0 saturated carbocycles. The highest BCUT2D eigenvalue weighted by Crippen LogP contribution is 2.19. The Balaban J connectivity index is 1.45. The number of amides is 2. The van der Waals surface area contributed by atoms with Gasteiger partial charge < -0.3 is 24.4 Å². The molecule has 2 aromatic carbocycles. The minimum Gasteiger partial charge on any atom is -0.466 e. The third kappa shape index (κ3) is 5.45. The number of carbonyl (C=O) groups excluding carboxylic acids is 2. The van der Waals surface area contributed by atoms with Gasteiger partial charge >= 0.3 is 12.0 Å². The summed E-state index contributed by atoms with van der Waals surface area (Å²) in [6.45, 7) is 6.40. The van der Waals surface area contributed by atoms with Gasteiger partial charge in [-0.15, -0.1) is 0 Å². The Morgan fingerprint density at radius 2 is 1.69 bits per heavy atom. The van der Waals surface area contributed by atoms with Crippen molar-refractivity contribution in [3.05, 3.63) is 70.5 Å². The van der Waals surface area contributed by atoms with Gasteiger partial charge in [0.05, 0.1) is 30.1 Å². The topological polar surface area (TPSA) is 96.8 Å². The second-order valence-electron chi connectivity index (χ2n) is 8.37. The highest BCUT2D eigenvalue weighted by molar-refractivity contribution is 5.78. The lowest BCUT2D eigenvalue weighted by Gasteiger charge is -2.36. The predicted octanol–water partition coefficient (Wildman–Crippen LogP) is 2.94. The van der Waals surface area contributed by atoms with Crippen molar-refractivity contribution in [1.29, 1.82) is 0 Å². The molecule has 9 nitrogen and oxygen atoms in total. The molecule has 2 heterocycles. The van der Waals surface area contributed by atoms with Crippen molar-refractivity contribution in [2.75, 3.05) is 37.7 Å². The average Bonchev–Trinajstić information content (AvgIpc) is 2.88. The van der Waals surface area contributed by atoms with E-state index < -0.39 is 6.04 Å². The maximum Gasteiger partial charge on any atom is 0.318 e. The number of nitrogens with zero attached hydrogens (tertiary/aromatic N) is 4. The lowest BCUT2D eigenvalue weighted by molar-refractivity contribution is -0.143. The van der Waals surface area contributed by atoms with Crippen LogP contribution in [0.5, 0.6) is 0 Å². The van der Waals surface area contributed by atoms with Crippen LogP contribution >= 0.6 is 0 Å². The molecular formula is C26H31N5O4. The van der Waals surface area contributed by atoms with Crippen LogP contribution in [-0.4, -0.2) is 59.2 Å². The van der Waals surface area contributed by atoms with Crippen LogP contribution in [-0.2, 0) is 16.1 Å². The highest BCUT2D eigenvalue weighted by Gasteiger charge is 2.27. The number of carbonyl (C=O) groups is 2. The first kappa shape index (κ1) is 24.3. The minimum atomic E-state index is -0.486. The Kier molecular flexibility index (Phi) is 7.64. The molecule has 1 fully saturated rings. The Bertz CT molecular complexity index is 1240. The van der Waals surface area contributed by atoms with E-state index in [2.05, 4.69) is 10.3 Å². The third-order valence-corrected chi connectivity index (χ3v) is 6.19. The van der Waals surface area contributed by atoms with E-state index in [0.717, 1.165) is 16.6 Å². The molecule has 3 aromatic rings. The summed E-state index contributed by atoms with van der Waals surface area (Å²) >= 11 is 0. The van der Waals surface area contributed by atoms with Gasteiger partial charge in [-0.25, -0.2) is 9.78 Å². The maximum atomic E-state index is 13.1. The summed E-state index contributed by atoms with van der Waals surface area (Å²) in [6.07, 6.45) is 0.0567. The standard InChI is InChI=1S/C26H31N5O4/c1-3-31-22-13-9-8-12-20(22)27-24(25(31)33)29-14-16-30(17-15-29)26(34)28-21(18-23(32)35-4-2)19-10-6-5-7-11-19/h5-13,21H,3-4,14-18H2,1-2H3,(H,28,34)/t21-/m0/s1. The van der Waals surface area contributed by atoms with Gasteiger partial charge in [0.1, 0.15) is 0 Å². The molecule has 0 radical (unpaired) electrons. The average molecular weight is 478 g/mol. The molecule has 35 heavy (non-hydrogen) atoms. The van der Waals surface area contributed by atoms with E-state index in [9.17, 15) is 14.4 Å². The molecule has 4 rings (SSSR count). The van der Waals surface area contributed by atoms with Crippen LogP contribution in [0.15, 0.2) is 59.4 Å². The zero-order valence-electron chi connectivity index (χ0n) is 20.1. The number of piperazine rings is 1. The number of nitrogens with one attached hydrogen (secondary N) is 1. The Morgan fingerprint density at radius 1 is 1.00 bits per heavy atom. The monoisotopic (exact) mass is 477 g/mol. The van der Waals surface area contributed by atoms with Gasteiger partial charge in [0, 0.05) is 32.7 Å². The first-order valence-corrected chi connectivity index (χ1v) is 12.0. The molecule has 1 N–H and O–H groups in total. The van der Waals surface area contributed by atoms with Gasteiger partial charge in [-0.2, -0.15) is 0 Å². The van der Waals surface area contributed by atoms with Crippen LogP contribution in [0.25, 0.3) is 11.0 Å². The predicted molar refractivity (Wildman–Crippen MR) is 134 cm³/mol. The molecular weight excluding hydrogens is 446 g/mol. The first-order chi connectivity index (χ1) is 17.0. The Morgan fingerprint density at radius 3 is 2.37 bits per heavy atom. The summed E-state index contributed by atoms with van der Waals surface area (Å²) in [5.74, 6) is 0.0520. The Labute approximate surface area is 204 Å². The van der Waals surface area contributed by atoms with E-state index in [1.807, 2.05) is 66.4 Å². The van der Waals surface area contributed by atoms with E-state index in [1.54, 1.807) is 16.4 Å². The van der Waals surface area contributed by atoms with E-state index in [1.165, 1.54) is 0 Å². The summed E-state index contributed by atoms with van der Waals surface area (Å²) in [5.41, 5.74) is 2.31. The summed E-state index contributed by atoms with van der Waals surface area (Å²) < 4.78 is 6.83. The smallest absolute Gasteiger partial charge is 0.318 e. The SMILES string of the molecule is CCOC(=O)C[C@H](NC(=O)N1CCN(c2nc3ccccc3n(CC)c2=O)CC1)c1ccccc1. The number of anilines is 1. The second-order valence-corrected chi connectivity index (χ2v) is 8.37. The molecule has 2 amide bonds. The number of benzene rings is 2. The fraction of sp³-hybridized carbons (Fsp3) is 0.385. The molecule has 0 bridgehead atoms. The molecule has 0 unspecified atom stereocenters. The number of fused-ring (bicyclic) bond motifs is 1. The number of hydrogen-bond donors (Lipinski definition) is 1. The maximum absolute atomic E-state index is 13.1. The normalized spacial score (nSPS) is 14.6. The van der Waals surface area contributed by atoms with Crippen molar-refractivity contribution in [2.24, 2.45) is 0 Å². The zero-order valence-corrected chi connectivity index (χ0v) is 20.1.